The second-order valence-electron chi connectivity index (χ2n) is 9.76. The molecule has 1 fully saturated rings. The number of aromatic nitrogens is 1. The zero-order valence-corrected chi connectivity index (χ0v) is 25.2. The first kappa shape index (κ1) is 32.6. The van der Waals surface area contributed by atoms with Crippen LogP contribution in [0.15, 0.2) is 53.3 Å². The normalized spacial score (nSPS) is 15.0. The largest absolute Gasteiger partial charge is 0.405 e. The van der Waals surface area contributed by atoms with Crippen LogP contribution in [0.5, 0.6) is 0 Å². The number of hydrogen-bond donors (Lipinski definition) is 3. The molecular weight excluding hydrogens is 619 g/mol. The molecule has 1 aliphatic heterocycles. The number of halogens is 4. The molecule has 4 rings (SSSR count). The monoisotopic (exact) mass is 647 g/mol. The average Bonchev–Trinajstić information content (AvgIpc) is 3.30. The molecule has 10 nitrogen and oxygen atoms in total. The molecule has 15 heteroatoms. The maximum Gasteiger partial charge on any atom is 0.405 e. The molecule has 0 unspecified atom stereocenters. The summed E-state index contributed by atoms with van der Waals surface area (Å²) in [5.74, 6) is -1.40. The Morgan fingerprint density at radius 2 is 1.77 bits per heavy atom. The SMILES string of the molecule is CCn1c(=C(C#N)C(=O)NCC(F)(F)F)sc(=CNc2cccc(NC(=O)CN3CCN(c4ccc(Cl)cc4)CC3)c2)c1=O. The molecule has 0 spiro atoms. The predicted octanol–water partition coefficient (Wildman–Crippen LogP) is 2.55. The van der Waals surface area contributed by atoms with E-state index in [1.807, 2.05) is 24.3 Å². The van der Waals surface area contributed by atoms with Crippen molar-refractivity contribution in [3.8, 4) is 6.07 Å². The summed E-state index contributed by atoms with van der Waals surface area (Å²) in [7, 11) is 0. The van der Waals surface area contributed by atoms with E-state index < -0.39 is 29.8 Å². The van der Waals surface area contributed by atoms with Crippen LogP contribution in [0.2, 0.25) is 5.02 Å². The number of alkyl halides is 3. The van der Waals surface area contributed by atoms with Crippen LogP contribution in [0.3, 0.4) is 0 Å². The number of rotatable bonds is 9. The smallest absolute Gasteiger partial charge is 0.369 e. The number of carbonyl (C=O) groups is 2. The van der Waals surface area contributed by atoms with Crippen molar-refractivity contribution in [2.75, 3.05) is 54.8 Å². The third-order valence-electron chi connectivity index (χ3n) is 6.67. The van der Waals surface area contributed by atoms with Crippen LogP contribution in [0.25, 0.3) is 11.8 Å². The van der Waals surface area contributed by atoms with Crippen molar-refractivity contribution in [3.63, 3.8) is 0 Å². The Kier molecular flexibility index (Phi) is 10.7. The van der Waals surface area contributed by atoms with Gasteiger partial charge in [-0.1, -0.05) is 17.7 Å². The van der Waals surface area contributed by atoms with E-state index in [1.165, 1.54) is 6.20 Å². The number of hydrogen-bond acceptors (Lipinski definition) is 8. The lowest BCUT2D eigenvalue weighted by molar-refractivity contribution is -0.135. The highest BCUT2D eigenvalue weighted by atomic mass is 35.5. The molecule has 2 amide bonds. The quantitative estimate of drug-likeness (QED) is 0.326. The molecule has 232 valence electrons. The highest BCUT2D eigenvalue weighted by molar-refractivity contribution is 7.07. The van der Waals surface area contributed by atoms with E-state index >= 15 is 0 Å². The Bertz CT molecular complexity index is 1720. The number of piperazine rings is 1. The third-order valence-corrected chi connectivity index (χ3v) is 8.06. The highest BCUT2D eigenvalue weighted by Gasteiger charge is 2.29. The summed E-state index contributed by atoms with van der Waals surface area (Å²) < 4.78 is 38.8. The molecule has 1 aromatic heterocycles. The molecule has 0 radical (unpaired) electrons. The highest BCUT2D eigenvalue weighted by Crippen LogP contribution is 2.20. The van der Waals surface area contributed by atoms with Crippen molar-refractivity contribution < 1.29 is 22.8 Å². The summed E-state index contributed by atoms with van der Waals surface area (Å²) in [6.07, 6.45) is -3.27. The van der Waals surface area contributed by atoms with Gasteiger partial charge in [-0.3, -0.25) is 23.9 Å². The van der Waals surface area contributed by atoms with Crippen LogP contribution >= 0.6 is 22.9 Å². The van der Waals surface area contributed by atoms with Crippen molar-refractivity contribution in [2.24, 2.45) is 0 Å². The van der Waals surface area contributed by atoms with Crippen molar-refractivity contribution >= 4 is 63.6 Å². The molecular formula is C29H29ClF3N7O3S. The first-order chi connectivity index (χ1) is 21.0. The number of amides is 2. The lowest BCUT2D eigenvalue weighted by Gasteiger charge is -2.35. The minimum atomic E-state index is -4.65. The van der Waals surface area contributed by atoms with Crippen molar-refractivity contribution in [1.29, 1.82) is 5.26 Å². The molecule has 1 saturated heterocycles. The number of benzene rings is 2. The van der Waals surface area contributed by atoms with Crippen LogP contribution in [-0.2, 0) is 16.1 Å². The van der Waals surface area contributed by atoms with E-state index in [4.69, 9.17) is 11.6 Å². The minimum Gasteiger partial charge on any atom is -0.369 e. The number of carbonyl (C=O) groups excluding carboxylic acids is 2. The fourth-order valence-corrected chi connectivity index (χ4v) is 5.72. The van der Waals surface area contributed by atoms with Gasteiger partial charge in [0.1, 0.15) is 21.8 Å². The summed E-state index contributed by atoms with van der Waals surface area (Å²) in [6, 6.07) is 16.1. The van der Waals surface area contributed by atoms with Gasteiger partial charge in [0, 0.05) is 61.0 Å². The van der Waals surface area contributed by atoms with Crippen molar-refractivity contribution in [1.82, 2.24) is 14.8 Å². The van der Waals surface area contributed by atoms with Crippen LogP contribution in [0.1, 0.15) is 6.92 Å². The van der Waals surface area contributed by atoms with Crippen molar-refractivity contribution in [3.05, 3.63) is 73.1 Å². The molecule has 0 atom stereocenters. The molecule has 1 aliphatic rings. The molecule has 3 aromatic rings. The second-order valence-corrected chi connectivity index (χ2v) is 11.2. The molecule has 2 heterocycles. The van der Waals surface area contributed by atoms with Crippen LogP contribution < -0.4 is 35.6 Å². The van der Waals surface area contributed by atoms with Crippen LogP contribution in [-0.4, -0.2) is 66.7 Å². The standard InChI is InChI=1S/C29H29ClF3N7O3S/c1-2-40-27(43)24(44-28(40)23(15-34)26(42)36-18-29(31,32)33)16-35-20-4-3-5-21(14-20)37-25(41)17-38-10-12-39(13-11-38)22-8-6-19(30)7-9-22/h3-9,14,16,35H,2,10-13,17-18H2,1H3,(H,36,42)(H,37,41). The molecule has 0 bridgehead atoms. The van der Waals surface area contributed by atoms with E-state index in [1.54, 1.807) is 42.6 Å². The maximum absolute atomic E-state index is 12.9. The van der Waals surface area contributed by atoms with Gasteiger partial charge in [-0.15, -0.1) is 11.3 Å². The summed E-state index contributed by atoms with van der Waals surface area (Å²) in [5.41, 5.74) is 1.06. The Hall–Kier alpha value is -4.32. The lowest BCUT2D eigenvalue weighted by atomic mass is 10.2. The Labute approximate surface area is 259 Å². The Morgan fingerprint density at radius 3 is 2.41 bits per heavy atom. The molecule has 0 saturated carbocycles. The van der Waals surface area contributed by atoms with E-state index in [0.29, 0.717) is 16.4 Å². The topological polar surface area (TPSA) is 122 Å². The van der Waals surface area contributed by atoms with E-state index in [-0.39, 0.29) is 28.2 Å². The molecule has 2 aromatic carbocycles. The number of thiazole rings is 1. The number of nitrogens with zero attached hydrogens (tertiary/aromatic N) is 4. The van der Waals surface area contributed by atoms with Gasteiger partial charge in [0.05, 0.1) is 6.54 Å². The summed E-state index contributed by atoms with van der Waals surface area (Å²) >= 11 is 6.78. The van der Waals surface area contributed by atoms with E-state index in [0.717, 1.165) is 47.8 Å². The zero-order chi connectivity index (χ0) is 31.9. The fourth-order valence-electron chi connectivity index (χ4n) is 4.51. The number of nitriles is 1. The fraction of sp³-hybridized carbons (Fsp3) is 0.310. The number of anilines is 3. The van der Waals surface area contributed by atoms with Gasteiger partial charge >= 0.3 is 6.18 Å². The van der Waals surface area contributed by atoms with Gasteiger partial charge in [0.15, 0.2) is 5.57 Å². The van der Waals surface area contributed by atoms with E-state index in [9.17, 15) is 32.8 Å². The lowest BCUT2D eigenvalue weighted by Crippen LogP contribution is -2.48. The van der Waals surface area contributed by atoms with Gasteiger partial charge in [0.2, 0.25) is 5.91 Å². The first-order valence-electron chi connectivity index (χ1n) is 13.6. The summed E-state index contributed by atoms with van der Waals surface area (Å²) in [5, 5.41) is 17.7. The summed E-state index contributed by atoms with van der Waals surface area (Å²) in [4.78, 5) is 42.3. The maximum atomic E-state index is 12.9. The average molecular weight is 648 g/mol. The van der Waals surface area contributed by atoms with Gasteiger partial charge in [-0.2, -0.15) is 18.4 Å². The second kappa shape index (κ2) is 14.4. The Morgan fingerprint density at radius 1 is 1.09 bits per heavy atom. The summed E-state index contributed by atoms with van der Waals surface area (Å²) in [6.45, 7) is 3.32. The van der Waals surface area contributed by atoms with Gasteiger partial charge < -0.3 is 20.9 Å². The Balaban J connectivity index is 1.40. The van der Waals surface area contributed by atoms with Crippen molar-refractivity contribution in [2.45, 2.75) is 19.6 Å². The molecule has 44 heavy (non-hydrogen) atoms. The zero-order valence-electron chi connectivity index (χ0n) is 23.6. The predicted molar refractivity (Wildman–Crippen MR) is 165 cm³/mol. The molecule has 3 N–H and O–H groups in total. The van der Waals surface area contributed by atoms with Gasteiger partial charge in [-0.25, -0.2) is 0 Å². The minimum absolute atomic E-state index is 0.0530. The van der Waals surface area contributed by atoms with Gasteiger partial charge in [-0.05, 0) is 49.4 Å². The number of nitrogens with one attached hydrogen (secondary N) is 3. The van der Waals surface area contributed by atoms with Crippen LogP contribution in [0, 0.1) is 11.3 Å². The van der Waals surface area contributed by atoms with E-state index in [2.05, 4.69) is 20.4 Å². The first-order valence-corrected chi connectivity index (χ1v) is 14.8. The third kappa shape index (κ3) is 8.62. The van der Waals surface area contributed by atoms with Crippen LogP contribution in [0.4, 0.5) is 30.2 Å². The van der Waals surface area contributed by atoms with Gasteiger partial charge in [0.25, 0.3) is 11.5 Å². The molecule has 0 aliphatic carbocycles.